The van der Waals surface area contributed by atoms with Crippen molar-refractivity contribution in [2.45, 2.75) is 31.7 Å². The van der Waals surface area contributed by atoms with E-state index >= 15 is 0 Å². The van der Waals surface area contributed by atoms with E-state index < -0.39 is 17.9 Å². The topological polar surface area (TPSA) is 75.7 Å². The molecule has 5 rings (SSSR count). The first kappa shape index (κ1) is 23.5. The van der Waals surface area contributed by atoms with Gasteiger partial charge in [0.2, 0.25) is 5.91 Å². The first-order valence-electron chi connectivity index (χ1n) is 12.2. The Balaban J connectivity index is 1.69. The van der Waals surface area contributed by atoms with E-state index in [4.69, 9.17) is 4.74 Å². The number of anilines is 2. The summed E-state index contributed by atoms with van der Waals surface area (Å²) >= 11 is 0. The van der Waals surface area contributed by atoms with Crippen molar-refractivity contribution in [2.75, 3.05) is 17.3 Å². The van der Waals surface area contributed by atoms with Crippen molar-refractivity contribution in [3.05, 3.63) is 107 Å². The lowest BCUT2D eigenvalue weighted by Crippen LogP contribution is -2.42. The number of nitrogens with one attached hydrogen (secondary N) is 1. The number of esters is 1. The van der Waals surface area contributed by atoms with Gasteiger partial charge in [-0.3, -0.25) is 9.59 Å². The summed E-state index contributed by atoms with van der Waals surface area (Å²) in [4.78, 5) is 41.1. The summed E-state index contributed by atoms with van der Waals surface area (Å²) in [6.45, 7) is 1.82. The Morgan fingerprint density at radius 2 is 1.64 bits per heavy atom. The number of ether oxygens (including phenoxy) is 1. The van der Waals surface area contributed by atoms with Gasteiger partial charge in [-0.2, -0.15) is 0 Å². The molecule has 1 amide bonds. The first-order chi connectivity index (χ1) is 17.5. The summed E-state index contributed by atoms with van der Waals surface area (Å²) in [5.41, 5.74) is 4.58. The monoisotopic (exact) mass is 480 g/mol. The number of methoxy groups -OCH3 is 1. The molecule has 36 heavy (non-hydrogen) atoms. The lowest BCUT2D eigenvalue weighted by molar-refractivity contribution is -0.123. The lowest BCUT2D eigenvalue weighted by Gasteiger charge is -2.37. The third-order valence-corrected chi connectivity index (χ3v) is 6.99. The molecule has 3 aromatic rings. The maximum absolute atomic E-state index is 13.9. The van der Waals surface area contributed by atoms with Crippen LogP contribution in [0.3, 0.4) is 0 Å². The molecule has 0 bridgehead atoms. The second-order valence-electron chi connectivity index (χ2n) is 9.11. The molecule has 3 atom stereocenters. The Kier molecular flexibility index (Phi) is 6.42. The van der Waals surface area contributed by atoms with Crippen LogP contribution in [0.15, 0.2) is 90.6 Å². The highest BCUT2D eigenvalue weighted by Gasteiger charge is 2.44. The van der Waals surface area contributed by atoms with Crippen LogP contribution >= 0.6 is 0 Å². The Labute approximate surface area is 210 Å². The molecule has 182 valence electrons. The number of ketones is 1. The number of nitrogens with zero attached hydrogens (tertiary/aromatic N) is 1. The maximum Gasteiger partial charge on any atom is 0.337 e. The highest BCUT2D eigenvalue weighted by atomic mass is 16.5. The number of benzene rings is 3. The number of Topliss-reactive ketones (excluding diaryl/α,β-unsaturated/α-hetero) is 1. The molecule has 1 aliphatic heterocycles. The van der Waals surface area contributed by atoms with Gasteiger partial charge in [-0.15, -0.1) is 0 Å². The fraction of sp³-hybridized carbons (Fsp3) is 0.233. The van der Waals surface area contributed by atoms with E-state index in [2.05, 4.69) is 11.4 Å². The van der Waals surface area contributed by atoms with E-state index in [1.165, 1.54) is 7.11 Å². The molecule has 6 heteroatoms. The summed E-state index contributed by atoms with van der Waals surface area (Å²) in [6, 6.07) is 24.1. The van der Waals surface area contributed by atoms with Gasteiger partial charge >= 0.3 is 5.97 Å². The normalized spacial score (nSPS) is 20.8. The number of carbonyl (C=O) groups excluding carboxylic acids is 3. The van der Waals surface area contributed by atoms with Crippen LogP contribution in [-0.2, 0) is 14.3 Å². The molecule has 0 saturated heterocycles. The minimum Gasteiger partial charge on any atom is -0.465 e. The van der Waals surface area contributed by atoms with E-state index in [-0.39, 0.29) is 24.0 Å². The van der Waals surface area contributed by atoms with E-state index in [1.807, 2.05) is 73.7 Å². The molecule has 0 saturated carbocycles. The quantitative estimate of drug-likeness (QED) is 0.489. The summed E-state index contributed by atoms with van der Waals surface area (Å²) in [6.07, 6.45) is 2.77. The van der Waals surface area contributed by atoms with Gasteiger partial charge in [0.15, 0.2) is 0 Å². The van der Waals surface area contributed by atoms with E-state index in [0.29, 0.717) is 12.0 Å². The molecule has 0 fully saturated rings. The van der Waals surface area contributed by atoms with Crippen LogP contribution in [-0.4, -0.2) is 24.8 Å². The minimum absolute atomic E-state index is 0.0552. The fourth-order valence-electron chi connectivity index (χ4n) is 5.26. The van der Waals surface area contributed by atoms with Crippen LogP contribution < -0.4 is 10.2 Å². The molecule has 0 spiro atoms. The Bertz CT molecular complexity index is 1330. The molecule has 0 radical (unpaired) electrons. The third-order valence-electron chi connectivity index (χ3n) is 6.99. The fourth-order valence-corrected chi connectivity index (χ4v) is 5.26. The minimum atomic E-state index is -0.572. The summed E-state index contributed by atoms with van der Waals surface area (Å²) < 4.78 is 4.84. The molecule has 3 aromatic carbocycles. The van der Waals surface area contributed by atoms with Crippen molar-refractivity contribution in [1.29, 1.82) is 0 Å². The van der Waals surface area contributed by atoms with Crippen molar-refractivity contribution in [3.8, 4) is 0 Å². The number of para-hydroxylation sites is 2. The summed E-state index contributed by atoms with van der Waals surface area (Å²) in [5, 5.41) is 3.51. The molecule has 2 aliphatic rings. The predicted molar refractivity (Wildman–Crippen MR) is 139 cm³/mol. The molecule has 1 aliphatic carbocycles. The van der Waals surface area contributed by atoms with Crippen molar-refractivity contribution in [2.24, 2.45) is 5.92 Å². The number of rotatable bonds is 4. The van der Waals surface area contributed by atoms with Crippen molar-refractivity contribution >= 4 is 29.0 Å². The lowest BCUT2D eigenvalue weighted by atomic mass is 9.76. The Hall–Kier alpha value is -4.19. The zero-order chi connectivity index (χ0) is 25.2. The van der Waals surface area contributed by atoms with Gasteiger partial charge in [0, 0.05) is 24.5 Å². The average Bonchev–Trinajstić information content (AvgIpc) is 3.07. The van der Waals surface area contributed by atoms with E-state index in [0.717, 1.165) is 28.2 Å². The van der Waals surface area contributed by atoms with Gasteiger partial charge in [0.25, 0.3) is 0 Å². The summed E-state index contributed by atoms with van der Waals surface area (Å²) in [5.74, 6) is -1.07. The third kappa shape index (κ3) is 4.19. The maximum atomic E-state index is 13.9. The molecule has 0 aromatic heterocycles. The van der Waals surface area contributed by atoms with Crippen LogP contribution in [0.5, 0.6) is 0 Å². The van der Waals surface area contributed by atoms with Gasteiger partial charge in [-0.05, 0) is 35.4 Å². The highest BCUT2D eigenvalue weighted by molar-refractivity contribution is 6.01. The predicted octanol–water partition coefficient (Wildman–Crippen LogP) is 5.64. The van der Waals surface area contributed by atoms with Crippen LogP contribution in [0, 0.1) is 5.92 Å². The number of fused-ring (bicyclic) bond motifs is 2. The van der Waals surface area contributed by atoms with Gasteiger partial charge < -0.3 is 15.0 Å². The zero-order valence-electron chi connectivity index (χ0n) is 20.3. The molecular formula is C30H28N2O4. The second-order valence-corrected chi connectivity index (χ2v) is 9.11. The van der Waals surface area contributed by atoms with Gasteiger partial charge in [-0.1, -0.05) is 67.6 Å². The van der Waals surface area contributed by atoms with Gasteiger partial charge in [0.1, 0.15) is 5.78 Å². The number of hydrogen-bond acceptors (Lipinski definition) is 5. The number of carbonyl (C=O) groups is 3. The standard InChI is InChI=1S/C30H28N2O4/c1-3-27(34)32-25-12-8-7-11-23(25)31-24-17-22(19-9-5-4-6-10-19)18-26(33)28(24)29(32)20-13-15-21(16-14-20)30(35)36-2/h4-17,22,28-29,31H,3,18H2,1-2H3. The van der Waals surface area contributed by atoms with Crippen molar-refractivity contribution in [1.82, 2.24) is 0 Å². The number of allylic oxidation sites excluding steroid dienone is 1. The highest BCUT2D eigenvalue weighted by Crippen LogP contribution is 2.48. The Morgan fingerprint density at radius 1 is 0.944 bits per heavy atom. The van der Waals surface area contributed by atoms with Gasteiger partial charge in [0.05, 0.1) is 36.0 Å². The largest absolute Gasteiger partial charge is 0.465 e. The molecular weight excluding hydrogens is 452 g/mol. The van der Waals surface area contributed by atoms with Crippen LogP contribution in [0.2, 0.25) is 0 Å². The van der Waals surface area contributed by atoms with Crippen molar-refractivity contribution < 1.29 is 19.1 Å². The smallest absolute Gasteiger partial charge is 0.337 e. The molecule has 6 nitrogen and oxygen atoms in total. The molecule has 1 N–H and O–H groups in total. The number of amides is 1. The molecule has 1 heterocycles. The average molecular weight is 481 g/mol. The number of hydrogen-bond donors (Lipinski definition) is 1. The zero-order valence-corrected chi connectivity index (χ0v) is 20.3. The van der Waals surface area contributed by atoms with Crippen LogP contribution in [0.25, 0.3) is 0 Å². The van der Waals surface area contributed by atoms with Crippen molar-refractivity contribution in [3.63, 3.8) is 0 Å². The van der Waals surface area contributed by atoms with E-state index in [9.17, 15) is 14.4 Å². The van der Waals surface area contributed by atoms with Gasteiger partial charge in [-0.25, -0.2) is 4.79 Å². The van der Waals surface area contributed by atoms with E-state index in [1.54, 1.807) is 17.0 Å². The molecule has 3 unspecified atom stereocenters. The van der Waals surface area contributed by atoms with Crippen LogP contribution in [0.1, 0.15) is 53.2 Å². The Morgan fingerprint density at radius 3 is 2.33 bits per heavy atom. The second kappa shape index (κ2) is 9.82. The summed E-state index contributed by atoms with van der Waals surface area (Å²) in [7, 11) is 1.34. The first-order valence-corrected chi connectivity index (χ1v) is 12.2. The van der Waals surface area contributed by atoms with Crippen LogP contribution in [0.4, 0.5) is 11.4 Å². The SMILES string of the molecule is CCC(=O)N1c2ccccc2NC2=CC(c3ccccc3)CC(=O)C2C1c1ccc(C(=O)OC)cc1.